The first-order valence-corrected chi connectivity index (χ1v) is 10.1. The predicted octanol–water partition coefficient (Wildman–Crippen LogP) is 4.09. The van der Waals surface area contributed by atoms with E-state index in [0.29, 0.717) is 30.8 Å². The number of nitrogens with zero attached hydrogens (tertiary/aromatic N) is 2. The summed E-state index contributed by atoms with van der Waals surface area (Å²) in [5.41, 5.74) is 0.863. The van der Waals surface area contributed by atoms with E-state index in [1.54, 1.807) is 28.0 Å². The molecule has 148 valence electrons. The second-order valence-corrected chi connectivity index (χ2v) is 8.00. The van der Waals surface area contributed by atoms with Gasteiger partial charge in [-0.15, -0.1) is 11.8 Å². The summed E-state index contributed by atoms with van der Waals surface area (Å²) in [6.45, 7) is 4.72. The first-order chi connectivity index (χ1) is 13.4. The molecular weight excluding hydrogens is 382 g/mol. The molecule has 2 aromatic rings. The summed E-state index contributed by atoms with van der Waals surface area (Å²) in [6, 6.07) is 11.8. The molecule has 0 bridgehead atoms. The van der Waals surface area contributed by atoms with Gasteiger partial charge in [0.15, 0.2) is 0 Å². The Balaban J connectivity index is 1.74. The van der Waals surface area contributed by atoms with Gasteiger partial charge in [-0.05, 0) is 44.2 Å². The van der Waals surface area contributed by atoms with Gasteiger partial charge in [0.2, 0.25) is 5.91 Å². The van der Waals surface area contributed by atoms with Gasteiger partial charge in [-0.25, -0.2) is 8.78 Å². The molecule has 2 amide bonds. The number of rotatable bonds is 6. The van der Waals surface area contributed by atoms with Gasteiger partial charge < -0.3 is 9.80 Å². The maximum absolute atomic E-state index is 14.3. The van der Waals surface area contributed by atoms with Crippen LogP contribution in [-0.2, 0) is 4.79 Å². The third-order valence-corrected chi connectivity index (χ3v) is 6.17. The first-order valence-electron chi connectivity index (χ1n) is 9.17. The molecular formula is C21H22F2N2O2S. The van der Waals surface area contributed by atoms with Crippen LogP contribution in [0.2, 0.25) is 0 Å². The Hall–Kier alpha value is -2.41. The van der Waals surface area contributed by atoms with Crippen molar-refractivity contribution in [3.05, 3.63) is 71.3 Å². The third-order valence-electron chi connectivity index (χ3n) is 4.79. The number of benzene rings is 2. The third kappa shape index (κ3) is 4.19. The highest BCUT2D eigenvalue weighted by Crippen LogP contribution is 2.43. The Morgan fingerprint density at radius 2 is 1.82 bits per heavy atom. The topological polar surface area (TPSA) is 40.6 Å². The van der Waals surface area contributed by atoms with Gasteiger partial charge >= 0.3 is 0 Å². The molecule has 4 nitrogen and oxygen atoms in total. The summed E-state index contributed by atoms with van der Waals surface area (Å²) in [6.07, 6.45) is 0. The van der Waals surface area contributed by atoms with Crippen LogP contribution in [0.4, 0.5) is 8.78 Å². The van der Waals surface area contributed by atoms with E-state index in [1.165, 1.54) is 42.1 Å². The van der Waals surface area contributed by atoms with Crippen LogP contribution in [0.3, 0.4) is 0 Å². The molecule has 2 atom stereocenters. The summed E-state index contributed by atoms with van der Waals surface area (Å²) in [7, 11) is 0. The molecule has 0 radical (unpaired) electrons. The SMILES string of the molecule is CCN(CCN1C(=O)[C@H](C)S[C@H]1c1ccccc1F)C(=O)c1ccc(F)cc1. The Labute approximate surface area is 167 Å². The lowest BCUT2D eigenvalue weighted by molar-refractivity contribution is -0.130. The monoisotopic (exact) mass is 404 g/mol. The van der Waals surface area contributed by atoms with Gasteiger partial charge in [0.05, 0.1) is 5.25 Å². The van der Waals surface area contributed by atoms with E-state index in [1.807, 2.05) is 13.8 Å². The van der Waals surface area contributed by atoms with Crippen molar-refractivity contribution in [1.29, 1.82) is 0 Å². The maximum atomic E-state index is 14.3. The largest absolute Gasteiger partial charge is 0.337 e. The maximum Gasteiger partial charge on any atom is 0.253 e. The molecule has 0 unspecified atom stereocenters. The van der Waals surface area contributed by atoms with E-state index < -0.39 is 11.2 Å². The van der Waals surface area contributed by atoms with Crippen LogP contribution in [0.25, 0.3) is 0 Å². The molecule has 7 heteroatoms. The highest BCUT2D eigenvalue weighted by molar-refractivity contribution is 8.01. The van der Waals surface area contributed by atoms with Crippen molar-refractivity contribution < 1.29 is 18.4 Å². The molecule has 0 saturated carbocycles. The van der Waals surface area contributed by atoms with Crippen molar-refractivity contribution in [3.63, 3.8) is 0 Å². The molecule has 1 fully saturated rings. The quantitative estimate of drug-likeness (QED) is 0.728. The standard InChI is InChI=1S/C21H22F2N2O2S/c1-3-24(20(27)15-8-10-16(22)11-9-15)12-13-25-19(26)14(2)28-21(25)17-6-4-5-7-18(17)23/h4-11,14,21H,3,12-13H2,1-2H3/t14-,21-/m0/s1. The summed E-state index contributed by atoms with van der Waals surface area (Å²) in [5, 5.41) is -0.684. The zero-order valence-corrected chi connectivity index (χ0v) is 16.6. The lowest BCUT2D eigenvalue weighted by Gasteiger charge is -2.28. The summed E-state index contributed by atoms with van der Waals surface area (Å²) in [5.74, 6) is -1.04. The fraction of sp³-hybridized carbons (Fsp3) is 0.333. The van der Waals surface area contributed by atoms with E-state index in [9.17, 15) is 18.4 Å². The Kier molecular flexibility index (Phi) is 6.34. The van der Waals surface area contributed by atoms with Crippen LogP contribution in [0.5, 0.6) is 0 Å². The second kappa shape index (κ2) is 8.73. The molecule has 1 aliphatic heterocycles. The van der Waals surface area contributed by atoms with Gasteiger partial charge in [-0.2, -0.15) is 0 Å². The number of likely N-dealkylation sites (N-methyl/N-ethyl adjacent to an activating group) is 1. The van der Waals surface area contributed by atoms with E-state index in [2.05, 4.69) is 0 Å². The number of amides is 2. The molecule has 2 aromatic carbocycles. The number of thioether (sulfide) groups is 1. The van der Waals surface area contributed by atoms with E-state index in [0.717, 1.165) is 0 Å². The Morgan fingerprint density at radius 1 is 1.14 bits per heavy atom. The average Bonchev–Trinajstić information content (AvgIpc) is 2.97. The second-order valence-electron chi connectivity index (χ2n) is 6.58. The molecule has 1 aliphatic rings. The summed E-state index contributed by atoms with van der Waals surface area (Å²) >= 11 is 1.41. The van der Waals surface area contributed by atoms with Gasteiger partial charge in [0, 0.05) is 30.8 Å². The highest BCUT2D eigenvalue weighted by Gasteiger charge is 2.39. The van der Waals surface area contributed by atoms with Gasteiger partial charge in [-0.1, -0.05) is 18.2 Å². The number of halogens is 2. The van der Waals surface area contributed by atoms with Crippen molar-refractivity contribution in [3.8, 4) is 0 Å². The molecule has 3 rings (SSSR count). The molecule has 0 aliphatic carbocycles. The Morgan fingerprint density at radius 3 is 2.46 bits per heavy atom. The summed E-state index contributed by atoms with van der Waals surface area (Å²) < 4.78 is 27.4. The lowest BCUT2D eigenvalue weighted by atomic mass is 10.1. The van der Waals surface area contributed by atoms with Crippen LogP contribution in [0, 0.1) is 11.6 Å². The van der Waals surface area contributed by atoms with Gasteiger partial charge in [-0.3, -0.25) is 9.59 Å². The lowest BCUT2D eigenvalue weighted by Crippen LogP contribution is -2.40. The molecule has 0 aromatic heterocycles. The van der Waals surface area contributed by atoms with E-state index in [4.69, 9.17) is 0 Å². The fourth-order valence-corrected chi connectivity index (χ4v) is 4.56. The van der Waals surface area contributed by atoms with Gasteiger partial charge in [0.25, 0.3) is 5.91 Å². The number of hydrogen-bond donors (Lipinski definition) is 0. The number of hydrogen-bond acceptors (Lipinski definition) is 3. The van der Waals surface area contributed by atoms with Crippen molar-refractivity contribution >= 4 is 23.6 Å². The smallest absolute Gasteiger partial charge is 0.253 e. The highest BCUT2D eigenvalue weighted by atomic mass is 32.2. The van der Waals surface area contributed by atoms with Gasteiger partial charge in [0.1, 0.15) is 17.0 Å². The minimum Gasteiger partial charge on any atom is -0.337 e. The average molecular weight is 404 g/mol. The molecule has 0 N–H and O–H groups in total. The molecule has 1 saturated heterocycles. The van der Waals surface area contributed by atoms with Crippen LogP contribution in [0.1, 0.15) is 35.1 Å². The van der Waals surface area contributed by atoms with Crippen molar-refractivity contribution in [1.82, 2.24) is 9.80 Å². The van der Waals surface area contributed by atoms with Crippen molar-refractivity contribution in [2.75, 3.05) is 19.6 Å². The predicted molar refractivity (Wildman–Crippen MR) is 106 cm³/mol. The van der Waals surface area contributed by atoms with Crippen LogP contribution < -0.4 is 0 Å². The molecule has 0 spiro atoms. The van der Waals surface area contributed by atoms with Crippen LogP contribution in [0.15, 0.2) is 48.5 Å². The fourth-order valence-electron chi connectivity index (χ4n) is 3.22. The Bertz CT molecular complexity index is 860. The molecule has 1 heterocycles. The van der Waals surface area contributed by atoms with Crippen LogP contribution in [-0.4, -0.2) is 46.5 Å². The van der Waals surface area contributed by atoms with Crippen molar-refractivity contribution in [2.45, 2.75) is 24.5 Å². The normalized spacial score (nSPS) is 19.1. The van der Waals surface area contributed by atoms with E-state index >= 15 is 0 Å². The number of carbonyl (C=O) groups is 2. The zero-order chi connectivity index (χ0) is 20.3. The number of carbonyl (C=O) groups excluding carboxylic acids is 2. The summed E-state index contributed by atoms with van der Waals surface area (Å²) in [4.78, 5) is 28.5. The zero-order valence-electron chi connectivity index (χ0n) is 15.8. The minimum atomic E-state index is -0.414. The van der Waals surface area contributed by atoms with Crippen LogP contribution >= 0.6 is 11.8 Å². The van der Waals surface area contributed by atoms with Crippen molar-refractivity contribution in [2.24, 2.45) is 0 Å². The first kappa shape index (κ1) is 20.3. The molecule has 28 heavy (non-hydrogen) atoms. The van der Waals surface area contributed by atoms with E-state index in [-0.39, 0.29) is 22.9 Å². The minimum absolute atomic E-state index is 0.0662.